The lowest BCUT2D eigenvalue weighted by Crippen LogP contribution is -2.06. The molecule has 0 saturated carbocycles. The second kappa shape index (κ2) is 6.99. The molecule has 0 amide bonds. The Morgan fingerprint density at radius 3 is 2.95 bits per heavy atom. The zero-order valence-electron chi connectivity index (χ0n) is 11.3. The Hall–Kier alpha value is -2.20. The molecule has 1 aromatic heterocycles. The van der Waals surface area contributed by atoms with Crippen molar-refractivity contribution in [1.82, 2.24) is 9.97 Å². The van der Waals surface area contributed by atoms with Crippen LogP contribution < -0.4 is 10.6 Å². The molecule has 0 aliphatic rings. The van der Waals surface area contributed by atoms with E-state index < -0.39 is 5.82 Å². The molecule has 0 aliphatic carbocycles. The molecule has 0 saturated heterocycles. The van der Waals surface area contributed by atoms with E-state index in [1.165, 1.54) is 18.2 Å². The predicted octanol–water partition coefficient (Wildman–Crippen LogP) is 3.82. The van der Waals surface area contributed by atoms with Crippen molar-refractivity contribution < 1.29 is 4.39 Å². The number of halogens is 2. The van der Waals surface area contributed by atoms with Crippen molar-refractivity contribution in [3.63, 3.8) is 0 Å². The molecule has 0 unspecified atom stereocenters. The molecule has 21 heavy (non-hydrogen) atoms. The summed E-state index contributed by atoms with van der Waals surface area (Å²) in [4.78, 5) is 8.46. The van der Waals surface area contributed by atoms with Crippen molar-refractivity contribution in [3.8, 4) is 6.07 Å². The SMILES string of the molecule is CCCNc1ncc(Br)c(Nc2ccc(F)cc2C#N)n1. The number of hydrogen-bond acceptors (Lipinski definition) is 5. The van der Waals surface area contributed by atoms with Crippen LogP contribution in [0, 0.1) is 17.1 Å². The van der Waals surface area contributed by atoms with Crippen molar-refractivity contribution in [2.24, 2.45) is 0 Å². The fourth-order valence-corrected chi connectivity index (χ4v) is 1.91. The third-order valence-corrected chi connectivity index (χ3v) is 3.21. The molecular formula is C14H13BrFN5. The normalized spacial score (nSPS) is 10.0. The average molecular weight is 350 g/mol. The quantitative estimate of drug-likeness (QED) is 0.858. The highest BCUT2D eigenvalue weighted by molar-refractivity contribution is 9.10. The summed E-state index contributed by atoms with van der Waals surface area (Å²) in [7, 11) is 0. The first-order valence-corrected chi connectivity index (χ1v) is 7.16. The Balaban J connectivity index is 2.29. The Bertz CT molecular complexity index is 684. The summed E-state index contributed by atoms with van der Waals surface area (Å²) in [6.07, 6.45) is 2.57. The summed E-state index contributed by atoms with van der Waals surface area (Å²) in [6, 6.07) is 5.91. The minimum atomic E-state index is -0.454. The zero-order chi connectivity index (χ0) is 15.2. The van der Waals surface area contributed by atoms with Crippen LogP contribution in [-0.4, -0.2) is 16.5 Å². The number of nitrogens with one attached hydrogen (secondary N) is 2. The summed E-state index contributed by atoms with van der Waals surface area (Å²) in [6.45, 7) is 2.81. The second-order valence-corrected chi connectivity index (χ2v) is 5.10. The van der Waals surface area contributed by atoms with E-state index in [0.717, 1.165) is 13.0 Å². The molecule has 0 aliphatic heterocycles. The van der Waals surface area contributed by atoms with Crippen molar-refractivity contribution >= 4 is 33.4 Å². The van der Waals surface area contributed by atoms with Crippen LogP contribution in [0.5, 0.6) is 0 Å². The third kappa shape index (κ3) is 3.89. The molecule has 0 fully saturated rings. The van der Waals surface area contributed by atoms with E-state index in [2.05, 4.69) is 36.5 Å². The Labute approximate surface area is 130 Å². The number of nitriles is 1. The maximum Gasteiger partial charge on any atom is 0.224 e. The van der Waals surface area contributed by atoms with Gasteiger partial charge in [0.2, 0.25) is 5.95 Å². The molecule has 2 aromatic rings. The van der Waals surface area contributed by atoms with Gasteiger partial charge in [0, 0.05) is 12.7 Å². The first-order chi connectivity index (χ1) is 10.1. The standard InChI is InChI=1S/C14H13BrFN5/c1-2-5-18-14-19-8-11(15)13(21-14)20-12-4-3-10(16)6-9(12)7-17/h3-4,6,8H,2,5H2,1H3,(H2,18,19,20,21). The van der Waals surface area contributed by atoms with Crippen LogP contribution in [0.15, 0.2) is 28.9 Å². The van der Waals surface area contributed by atoms with Gasteiger partial charge >= 0.3 is 0 Å². The van der Waals surface area contributed by atoms with Crippen LogP contribution in [0.3, 0.4) is 0 Å². The van der Waals surface area contributed by atoms with E-state index in [1.807, 2.05) is 13.0 Å². The third-order valence-electron chi connectivity index (χ3n) is 2.63. The molecule has 1 heterocycles. The molecule has 2 N–H and O–H groups in total. The van der Waals surface area contributed by atoms with Gasteiger partial charge in [0.1, 0.15) is 17.7 Å². The highest BCUT2D eigenvalue weighted by Gasteiger charge is 2.09. The number of rotatable bonds is 5. The van der Waals surface area contributed by atoms with Crippen LogP contribution in [0.25, 0.3) is 0 Å². The van der Waals surface area contributed by atoms with Crippen LogP contribution in [0.2, 0.25) is 0 Å². The molecule has 108 valence electrons. The lowest BCUT2D eigenvalue weighted by molar-refractivity contribution is 0.627. The molecule has 1 aromatic carbocycles. The van der Waals surface area contributed by atoms with E-state index in [1.54, 1.807) is 6.20 Å². The summed E-state index contributed by atoms with van der Waals surface area (Å²) in [5.41, 5.74) is 0.698. The van der Waals surface area contributed by atoms with Crippen LogP contribution in [0.4, 0.5) is 21.8 Å². The molecular weight excluding hydrogens is 337 g/mol. The first kappa shape index (κ1) is 15.2. The Morgan fingerprint density at radius 1 is 1.43 bits per heavy atom. The maximum absolute atomic E-state index is 13.1. The predicted molar refractivity (Wildman–Crippen MR) is 82.9 cm³/mol. The number of nitrogens with zero attached hydrogens (tertiary/aromatic N) is 3. The minimum absolute atomic E-state index is 0.212. The average Bonchev–Trinajstić information content (AvgIpc) is 2.49. The van der Waals surface area contributed by atoms with Crippen molar-refractivity contribution in [1.29, 1.82) is 5.26 Å². The monoisotopic (exact) mass is 349 g/mol. The topological polar surface area (TPSA) is 73.6 Å². The van der Waals surface area contributed by atoms with Crippen molar-refractivity contribution in [2.45, 2.75) is 13.3 Å². The molecule has 7 heteroatoms. The van der Waals surface area contributed by atoms with Gasteiger partial charge in [0.05, 0.1) is 15.7 Å². The summed E-state index contributed by atoms with van der Waals surface area (Å²) in [5, 5.41) is 15.1. The van der Waals surface area contributed by atoms with Gasteiger partial charge in [-0.25, -0.2) is 9.37 Å². The highest BCUT2D eigenvalue weighted by Crippen LogP contribution is 2.26. The largest absolute Gasteiger partial charge is 0.354 e. The number of hydrogen-bond donors (Lipinski definition) is 2. The van der Waals surface area contributed by atoms with Crippen molar-refractivity contribution in [3.05, 3.63) is 40.2 Å². The van der Waals surface area contributed by atoms with Gasteiger partial charge in [0.15, 0.2) is 0 Å². The smallest absolute Gasteiger partial charge is 0.224 e. The summed E-state index contributed by atoms with van der Waals surface area (Å²) >= 11 is 3.34. The van der Waals surface area contributed by atoms with Crippen molar-refractivity contribution in [2.75, 3.05) is 17.2 Å². The van der Waals surface area contributed by atoms with Crippen LogP contribution >= 0.6 is 15.9 Å². The van der Waals surface area contributed by atoms with Gasteiger partial charge in [0.25, 0.3) is 0 Å². The molecule has 0 spiro atoms. The van der Waals surface area contributed by atoms with Gasteiger partial charge < -0.3 is 10.6 Å². The zero-order valence-corrected chi connectivity index (χ0v) is 12.9. The summed E-state index contributed by atoms with van der Waals surface area (Å²) < 4.78 is 13.8. The van der Waals surface area contributed by atoms with Gasteiger partial charge in [-0.2, -0.15) is 10.2 Å². The Kier molecular flexibility index (Phi) is 5.06. The Morgan fingerprint density at radius 2 is 2.24 bits per heavy atom. The fourth-order valence-electron chi connectivity index (χ4n) is 1.62. The highest BCUT2D eigenvalue weighted by atomic mass is 79.9. The van der Waals surface area contributed by atoms with Gasteiger partial charge in [-0.3, -0.25) is 0 Å². The van der Waals surface area contributed by atoms with Crippen LogP contribution in [-0.2, 0) is 0 Å². The second-order valence-electron chi connectivity index (χ2n) is 4.24. The lowest BCUT2D eigenvalue weighted by atomic mass is 10.2. The maximum atomic E-state index is 13.1. The van der Waals surface area contributed by atoms with E-state index in [9.17, 15) is 4.39 Å². The van der Waals surface area contributed by atoms with E-state index >= 15 is 0 Å². The molecule has 0 atom stereocenters. The lowest BCUT2D eigenvalue weighted by Gasteiger charge is -2.11. The molecule has 5 nitrogen and oxygen atoms in total. The fraction of sp³-hybridized carbons (Fsp3) is 0.214. The van der Waals surface area contributed by atoms with Gasteiger partial charge in [-0.15, -0.1) is 0 Å². The summed E-state index contributed by atoms with van der Waals surface area (Å²) in [5.74, 6) is 0.541. The number of aromatic nitrogens is 2. The van der Waals surface area contributed by atoms with E-state index in [-0.39, 0.29) is 5.56 Å². The number of anilines is 3. The molecule has 2 rings (SSSR count). The van der Waals surface area contributed by atoms with Gasteiger partial charge in [-0.05, 0) is 40.5 Å². The van der Waals surface area contributed by atoms with E-state index in [4.69, 9.17) is 5.26 Å². The molecule has 0 bridgehead atoms. The minimum Gasteiger partial charge on any atom is -0.354 e. The van der Waals surface area contributed by atoms with Gasteiger partial charge in [-0.1, -0.05) is 6.92 Å². The molecule has 0 radical (unpaired) electrons. The van der Waals surface area contributed by atoms with E-state index in [0.29, 0.717) is 21.9 Å². The first-order valence-electron chi connectivity index (χ1n) is 6.37. The van der Waals surface area contributed by atoms with Crippen LogP contribution in [0.1, 0.15) is 18.9 Å². The number of benzene rings is 1.